The summed E-state index contributed by atoms with van der Waals surface area (Å²) >= 11 is 12.7. The SMILES string of the molecule is CC[C@@H](C)NC(=O)[C@H](CC)N(Cc1c(Cl)cccc1Cl)C(=O)CCCN1C(=O)c2ccccc2C1=O. The summed E-state index contributed by atoms with van der Waals surface area (Å²) in [6.07, 6.45) is 1.46. The molecule has 2 aromatic carbocycles. The van der Waals surface area contributed by atoms with Gasteiger partial charge in [0.2, 0.25) is 11.8 Å². The zero-order chi connectivity index (χ0) is 26.4. The lowest BCUT2D eigenvalue weighted by atomic mass is 10.1. The van der Waals surface area contributed by atoms with Crippen LogP contribution in [0.5, 0.6) is 0 Å². The van der Waals surface area contributed by atoms with Crippen LogP contribution < -0.4 is 5.32 Å². The van der Waals surface area contributed by atoms with Crippen LogP contribution in [0.2, 0.25) is 10.0 Å². The predicted octanol–water partition coefficient (Wildman–Crippen LogP) is 5.09. The number of imide groups is 1. The molecule has 2 aromatic rings. The predicted molar refractivity (Wildman–Crippen MR) is 140 cm³/mol. The molecule has 0 saturated heterocycles. The molecule has 192 valence electrons. The van der Waals surface area contributed by atoms with Crippen molar-refractivity contribution < 1.29 is 19.2 Å². The van der Waals surface area contributed by atoms with Crippen molar-refractivity contribution in [3.8, 4) is 0 Å². The van der Waals surface area contributed by atoms with E-state index < -0.39 is 6.04 Å². The Balaban J connectivity index is 1.76. The molecule has 1 aliphatic heterocycles. The number of nitrogens with one attached hydrogen (secondary N) is 1. The number of halogens is 2. The minimum absolute atomic E-state index is 0.0405. The smallest absolute Gasteiger partial charge is 0.261 e. The Bertz CT molecular complexity index is 1100. The van der Waals surface area contributed by atoms with Gasteiger partial charge in [0.15, 0.2) is 0 Å². The molecule has 0 saturated carbocycles. The zero-order valence-corrected chi connectivity index (χ0v) is 22.2. The van der Waals surface area contributed by atoms with Crippen molar-refractivity contribution in [1.29, 1.82) is 0 Å². The maximum absolute atomic E-state index is 13.5. The fourth-order valence-electron chi connectivity index (χ4n) is 4.19. The number of hydrogen-bond donors (Lipinski definition) is 1. The first-order valence-corrected chi connectivity index (χ1v) is 12.9. The lowest BCUT2D eigenvalue weighted by Crippen LogP contribution is -2.50. The Labute approximate surface area is 221 Å². The number of carbonyl (C=O) groups excluding carboxylic acids is 4. The van der Waals surface area contributed by atoms with Crippen LogP contribution >= 0.6 is 23.2 Å². The summed E-state index contributed by atoms with van der Waals surface area (Å²) in [7, 11) is 0. The topological polar surface area (TPSA) is 86.8 Å². The van der Waals surface area contributed by atoms with Crippen molar-refractivity contribution in [3.63, 3.8) is 0 Å². The maximum Gasteiger partial charge on any atom is 0.261 e. The van der Waals surface area contributed by atoms with Crippen LogP contribution in [0.3, 0.4) is 0 Å². The molecule has 7 nitrogen and oxygen atoms in total. The van der Waals surface area contributed by atoms with E-state index in [0.29, 0.717) is 33.2 Å². The van der Waals surface area contributed by atoms with Crippen LogP contribution in [0.1, 0.15) is 72.7 Å². The monoisotopic (exact) mass is 531 g/mol. The first-order chi connectivity index (χ1) is 17.2. The van der Waals surface area contributed by atoms with E-state index in [-0.39, 0.29) is 55.6 Å². The third kappa shape index (κ3) is 6.08. The van der Waals surface area contributed by atoms with Gasteiger partial charge in [-0.1, -0.05) is 55.2 Å². The number of hydrogen-bond acceptors (Lipinski definition) is 4. The Hall–Kier alpha value is -2.90. The van der Waals surface area contributed by atoms with Crippen molar-refractivity contribution >= 4 is 46.8 Å². The molecule has 0 aromatic heterocycles. The molecule has 3 rings (SSSR count). The Morgan fingerprint density at radius 1 is 0.944 bits per heavy atom. The van der Waals surface area contributed by atoms with Crippen molar-refractivity contribution in [2.24, 2.45) is 0 Å². The average molecular weight is 532 g/mol. The number of nitrogens with zero attached hydrogens (tertiary/aromatic N) is 2. The van der Waals surface area contributed by atoms with E-state index in [1.54, 1.807) is 42.5 Å². The lowest BCUT2D eigenvalue weighted by molar-refractivity contribution is -0.141. The summed E-state index contributed by atoms with van der Waals surface area (Å²) < 4.78 is 0. The molecule has 0 spiro atoms. The van der Waals surface area contributed by atoms with Crippen LogP contribution in [0.15, 0.2) is 42.5 Å². The number of fused-ring (bicyclic) bond motifs is 1. The van der Waals surface area contributed by atoms with E-state index in [1.165, 1.54) is 9.80 Å². The highest BCUT2D eigenvalue weighted by Crippen LogP contribution is 2.28. The van der Waals surface area contributed by atoms with E-state index in [4.69, 9.17) is 23.2 Å². The van der Waals surface area contributed by atoms with Gasteiger partial charge in [-0.15, -0.1) is 0 Å². The fourth-order valence-corrected chi connectivity index (χ4v) is 4.71. The first-order valence-electron chi connectivity index (χ1n) is 12.2. The molecule has 0 unspecified atom stereocenters. The molecule has 1 aliphatic rings. The van der Waals surface area contributed by atoms with Gasteiger partial charge in [-0.25, -0.2) is 0 Å². The molecule has 0 radical (unpaired) electrons. The molecule has 36 heavy (non-hydrogen) atoms. The molecular formula is C27H31Cl2N3O4. The summed E-state index contributed by atoms with van der Waals surface area (Å²) in [6, 6.07) is 11.0. The molecule has 2 atom stereocenters. The molecule has 0 fully saturated rings. The van der Waals surface area contributed by atoms with Crippen molar-refractivity contribution in [3.05, 3.63) is 69.2 Å². The number of benzene rings is 2. The summed E-state index contributed by atoms with van der Waals surface area (Å²) in [6.45, 7) is 5.89. The summed E-state index contributed by atoms with van der Waals surface area (Å²) in [4.78, 5) is 54.5. The highest BCUT2D eigenvalue weighted by atomic mass is 35.5. The van der Waals surface area contributed by atoms with Crippen LogP contribution in [0.25, 0.3) is 0 Å². The van der Waals surface area contributed by atoms with Crippen molar-refractivity contribution in [2.75, 3.05) is 6.54 Å². The number of amides is 4. The van der Waals surface area contributed by atoms with Gasteiger partial charge in [-0.05, 0) is 50.5 Å². The maximum atomic E-state index is 13.5. The van der Waals surface area contributed by atoms with Crippen molar-refractivity contribution in [1.82, 2.24) is 15.1 Å². The third-order valence-electron chi connectivity index (χ3n) is 6.43. The normalized spacial score (nSPS) is 14.4. The largest absolute Gasteiger partial charge is 0.352 e. The minimum Gasteiger partial charge on any atom is -0.352 e. The van der Waals surface area contributed by atoms with Gasteiger partial charge in [0.1, 0.15) is 6.04 Å². The number of carbonyl (C=O) groups is 4. The zero-order valence-electron chi connectivity index (χ0n) is 20.7. The molecule has 1 N–H and O–H groups in total. The molecule has 1 heterocycles. The van der Waals surface area contributed by atoms with Gasteiger partial charge in [0.05, 0.1) is 11.1 Å². The molecule has 0 bridgehead atoms. The van der Waals surface area contributed by atoms with Gasteiger partial charge in [0, 0.05) is 41.2 Å². The summed E-state index contributed by atoms with van der Waals surface area (Å²) in [5.74, 6) is -1.25. The van der Waals surface area contributed by atoms with E-state index in [1.807, 2.05) is 20.8 Å². The van der Waals surface area contributed by atoms with Crippen LogP contribution in [0, 0.1) is 0 Å². The number of rotatable bonds is 11. The molecule has 0 aliphatic carbocycles. The van der Waals surface area contributed by atoms with Crippen LogP contribution in [0.4, 0.5) is 0 Å². The van der Waals surface area contributed by atoms with Gasteiger partial charge >= 0.3 is 0 Å². The Morgan fingerprint density at radius 2 is 1.53 bits per heavy atom. The van der Waals surface area contributed by atoms with Gasteiger partial charge < -0.3 is 10.2 Å². The van der Waals surface area contributed by atoms with Crippen LogP contribution in [-0.2, 0) is 16.1 Å². The highest BCUT2D eigenvalue weighted by Gasteiger charge is 2.35. The standard InChI is InChI=1S/C27H31Cl2N3O4/c1-4-17(3)30-25(34)23(5-2)32(16-20-21(28)12-8-13-22(20)29)24(33)14-9-15-31-26(35)18-10-6-7-11-19(18)27(31)36/h6-8,10-13,17,23H,4-5,9,14-16H2,1-3H3,(H,30,34)/t17-,23+/m1/s1. The quantitative estimate of drug-likeness (QED) is 0.409. The summed E-state index contributed by atoms with van der Waals surface area (Å²) in [5.41, 5.74) is 1.30. The van der Waals surface area contributed by atoms with E-state index in [2.05, 4.69) is 5.32 Å². The van der Waals surface area contributed by atoms with E-state index >= 15 is 0 Å². The average Bonchev–Trinajstić information content (AvgIpc) is 3.10. The third-order valence-corrected chi connectivity index (χ3v) is 7.14. The molecule has 4 amide bonds. The lowest BCUT2D eigenvalue weighted by Gasteiger charge is -2.32. The van der Waals surface area contributed by atoms with Crippen LogP contribution in [-0.4, -0.2) is 52.1 Å². The summed E-state index contributed by atoms with van der Waals surface area (Å²) in [5, 5.41) is 3.77. The highest BCUT2D eigenvalue weighted by molar-refractivity contribution is 6.36. The molecule has 9 heteroatoms. The fraction of sp³-hybridized carbons (Fsp3) is 0.407. The second-order valence-corrected chi connectivity index (χ2v) is 9.69. The Kier molecular flexibility index (Phi) is 9.51. The minimum atomic E-state index is -0.724. The van der Waals surface area contributed by atoms with Gasteiger partial charge in [0.25, 0.3) is 11.8 Å². The Morgan fingerprint density at radius 3 is 2.06 bits per heavy atom. The van der Waals surface area contributed by atoms with Crippen molar-refractivity contribution in [2.45, 2.75) is 65.1 Å². The second-order valence-electron chi connectivity index (χ2n) is 8.87. The van der Waals surface area contributed by atoms with Gasteiger partial charge in [-0.2, -0.15) is 0 Å². The molecular weight excluding hydrogens is 501 g/mol. The first kappa shape index (κ1) is 27.7. The van der Waals surface area contributed by atoms with Gasteiger partial charge in [-0.3, -0.25) is 24.1 Å². The van der Waals surface area contributed by atoms with E-state index in [0.717, 1.165) is 6.42 Å². The van der Waals surface area contributed by atoms with E-state index in [9.17, 15) is 19.2 Å². The second kappa shape index (κ2) is 12.4.